The Hall–Kier alpha value is -3.11. The summed E-state index contributed by atoms with van der Waals surface area (Å²) < 4.78 is 31.4. The summed E-state index contributed by atoms with van der Waals surface area (Å²) in [4.78, 5) is 34.5. The Morgan fingerprint density at radius 2 is 1.54 bits per heavy atom. The van der Waals surface area contributed by atoms with E-state index in [0.717, 1.165) is 18.2 Å². The van der Waals surface area contributed by atoms with Gasteiger partial charge in [0.25, 0.3) is 17.5 Å². The van der Waals surface area contributed by atoms with Crippen LogP contribution in [-0.2, 0) is 10.1 Å². The van der Waals surface area contributed by atoms with Crippen molar-refractivity contribution in [1.82, 2.24) is 0 Å². The molecule has 2 amide bonds. The minimum atomic E-state index is -4.83. The van der Waals surface area contributed by atoms with Crippen LogP contribution in [-0.4, -0.2) is 29.7 Å². The number of hydrogen-bond acceptors (Lipinski definition) is 6. The third kappa shape index (κ3) is 2.33. The van der Waals surface area contributed by atoms with Gasteiger partial charge in [-0.05, 0) is 24.3 Å². The van der Waals surface area contributed by atoms with Crippen molar-refractivity contribution in [3.8, 4) is 0 Å². The van der Waals surface area contributed by atoms with Crippen molar-refractivity contribution >= 4 is 33.3 Å². The van der Waals surface area contributed by atoms with E-state index >= 15 is 0 Å². The van der Waals surface area contributed by atoms with Gasteiger partial charge in [-0.3, -0.25) is 24.3 Å². The number of nitrogens with zero attached hydrogens (tertiary/aromatic N) is 2. The van der Waals surface area contributed by atoms with E-state index in [1.807, 2.05) is 0 Å². The molecule has 2 aromatic carbocycles. The lowest BCUT2D eigenvalue weighted by molar-refractivity contribution is -0.387. The lowest BCUT2D eigenvalue weighted by atomic mass is 10.1. The molecule has 0 unspecified atom stereocenters. The van der Waals surface area contributed by atoms with Crippen molar-refractivity contribution in [3.05, 3.63) is 63.7 Å². The van der Waals surface area contributed by atoms with Gasteiger partial charge in [0.15, 0.2) is 4.90 Å². The normalized spacial score (nSPS) is 14.0. The predicted molar refractivity (Wildman–Crippen MR) is 80.5 cm³/mol. The summed E-state index contributed by atoms with van der Waals surface area (Å²) in [5.74, 6) is -1.35. The van der Waals surface area contributed by atoms with Crippen molar-refractivity contribution in [2.75, 3.05) is 4.90 Å². The highest BCUT2D eigenvalue weighted by Gasteiger charge is 2.37. The molecule has 122 valence electrons. The van der Waals surface area contributed by atoms with E-state index in [9.17, 15) is 28.1 Å². The van der Waals surface area contributed by atoms with Gasteiger partial charge >= 0.3 is 10.1 Å². The molecule has 1 aliphatic heterocycles. The molecular weight excluding hydrogens is 340 g/mol. The fourth-order valence-electron chi connectivity index (χ4n) is 2.43. The van der Waals surface area contributed by atoms with E-state index < -0.39 is 37.4 Å². The third-order valence-electron chi connectivity index (χ3n) is 3.47. The fourth-order valence-corrected chi connectivity index (χ4v) is 3.07. The predicted octanol–water partition coefficient (Wildman–Crippen LogP) is 1.64. The van der Waals surface area contributed by atoms with Gasteiger partial charge < -0.3 is 0 Å². The highest BCUT2D eigenvalue weighted by Crippen LogP contribution is 2.33. The number of fused-ring (bicyclic) bond motifs is 1. The van der Waals surface area contributed by atoms with E-state index in [-0.39, 0.29) is 16.8 Å². The summed E-state index contributed by atoms with van der Waals surface area (Å²) in [6.45, 7) is 0. The second kappa shape index (κ2) is 5.22. The molecule has 10 heteroatoms. The van der Waals surface area contributed by atoms with Gasteiger partial charge in [0.2, 0.25) is 0 Å². The van der Waals surface area contributed by atoms with Crippen LogP contribution in [0, 0.1) is 10.1 Å². The number of carbonyl (C=O) groups excluding carboxylic acids is 2. The van der Waals surface area contributed by atoms with E-state index in [2.05, 4.69) is 0 Å². The van der Waals surface area contributed by atoms with Crippen LogP contribution in [0.25, 0.3) is 0 Å². The number of carbonyl (C=O) groups is 2. The molecule has 0 radical (unpaired) electrons. The molecule has 0 atom stereocenters. The lowest BCUT2D eigenvalue weighted by Gasteiger charge is -2.14. The van der Waals surface area contributed by atoms with Gasteiger partial charge in [-0.2, -0.15) is 8.42 Å². The van der Waals surface area contributed by atoms with Crippen LogP contribution in [0.3, 0.4) is 0 Å². The Bertz CT molecular complexity index is 979. The lowest BCUT2D eigenvalue weighted by Crippen LogP contribution is -2.29. The molecule has 1 N–H and O–H groups in total. The Balaban J connectivity index is 2.16. The summed E-state index contributed by atoms with van der Waals surface area (Å²) in [5.41, 5.74) is -0.820. The molecule has 0 fully saturated rings. The van der Waals surface area contributed by atoms with Crippen molar-refractivity contribution in [3.63, 3.8) is 0 Å². The summed E-state index contributed by atoms with van der Waals surface area (Å²) in [6, 6.07) is 8.58. The number of nitro groups is 1. The van der Waals surface area contributed by atoms with Crippen LogP contribution in [0.4, 0.5) is 11.4 Å². The van der Waals surface area contributed by atoms with Gasteiger partial charge in [-0.25, -0.2) is 4.90 Å². The van der Waals surface area contributed by atoms with Crippen molar-refractivity contribution in [2.45, 2.75) is 4.90 Å². The Labute approximate surface area is 135 Å². The van der Waals surface area contributed by atoms with Crippen LogP contribution in [0.2, 0.25) is 0 Å². The van der Waals surface area contributed by atoms with Crippen molar-refractivity contribution < 1.29 is 27.5 Å². The van der Waals surface area contributed by atoms with Crippen molar-refractivity contribution in [1.29, 1.82) is 0 Å². The van der Waals surface area contributed by atoms with Crippen LogP contribution < -0.4 is 4.90 Å². The fraction of sp³-hybridized carbons (Fsp3) is 0. The average molecular weight is 348 g/mol. The molecule has 0 aromatic heterocycles. The Kier molecular flexibility index (Phi) is 3.43. The molecule has 2 aromatic rings. The number of hydrogen-bond donors (Lipinski definition) is 1. The number of benzene rings is 2. The monoisotopic (exact) mass is 348 g/mol. The zero-order chi connectivity index (χ0) is 17.6. The molecule has 1 aliphatic rings. The zero-order valence-corrected chi connectivity index (χ0v) is 12.6. The molecule has 1 heterocycles. The quantitative estimate of drug-likeness (QED) is 0.385. The maximum absolute atomic E-state index is 12.3. The molecule has 0 bridgehead atoms. The third-order valence-corrected chi connectivity index (χ3v) is 4.37. The van der Waals surface area contributed by atoms with E-state index in [1.54, 1.807) is 12.1 Å². The largest absolute Gasteiger partial charge is 0.301 e. The van der Waals surface area contributed by atoms with Crippen LogP contribution >= 0.6 is 0 Å². The molecular formula is C14H8N2O7S. The number of imide groups is 1. The Morgan fingerprint density at radius 1 is 1.00 bits per heavy atom. The molecule has 24 heavy (non-hydrogen) atoms. The van der Waals surface area contributed by atoms with Gasteiger partial charge in [-0.15, -0.1) is 0 Å². The molecule has 0 saturated carbocycles. The first-order chi connectivity index (χ1) is 11.2. The van der Waals surface area contributed by atoms with Gasteiger partial charge in [0.1, 0.15) is 0 Å². The first-order valence-electron chi connectivity index (χ1n) is 6.45. The number of rotatable bonds is 3. The highest BCUT2D eigenvalue weighted by atomic mass is 32.2. The number of anilines is 1. The minimum absolute atomic E-state index is 0.143. The molecule has 0 saturated heterocycles. The van der Waals surface area contributed by atoms with Gasteiger partial charge in [0.05, 0.1) is 21.7 Å². The van der Waals surface area contributed by atoms with E-state index in [4.69, 9.17) is 4.55 Å². The van der Waals surface area contributed by atoms with Crippen LogP contribution in [0.5, 0.6) is 0 Å². The number of amides is 2. The summed E-state index contributed by atoms with van der Waals surface area (Å²) in [6.07, 6.45) is 0. The topological polar surface area (TPSA) is 135 Å². The summed E-state index contributed by atoms with van der Waals surface area (Å²) in [7, 11) is -4.83. The SMILES string of the molecule is O=C1c2ccccc2C(=O)N1c1ccc(S(=O)(=O)O)c([N+](=O)[O-])c1. The van der Waals surface area contributed by atoms with Crippen LogP contribution in [0.15, 0.2) is 47.4 Å². The zero-order valence-electron chi connectivity index (χ0n) is 11.7. The maximum atomic E-state index is 12.3. The minimum Gasteiger partial charge on any atom is -0.282 e. The molecule has 0 spiro atoms. The summed E-state index contributed by atoms with van der Waals surface area (Å²) >= 11 is 0. The van der Waals surface area contributed by atoms with E-state index in [0.29, 0.717) is 4.90 Å². The maximum Gasteiger partial charge on any atom is 0.301 e. The summed E-state index contributed by atoms with van der Waals surface area (Å²) in [5, 5.41) is 11.1. The van der Waals surface area contributed by atoms with Gasteiger partial charge in [0, 0.05) is 6.07 Å². The number of nitro benzene ring substituents is 1. The van der Waals surface area contributed by atoms with Crippen LogP contribution in [0.1, 0.15) is 20.7 Å². The first-order valence-corrected chi connectivity index (χ1v) is 7.89. The molecule has 0 aliphatic carbocycles. The molecule has 3 rings (SSSR count). The standard InChI is InChI=1S/C14H8N2O7S/c17-13-9-3-1-2-4-10(9)14(18)15(13)8-5-6-12(24(21,22)23)11(7-8)16(19)20/h1-7H,(H,21,22,23). The average Bonchev–Trinajstić information content (AvgIpc) is 2.78. The van der Waals surface area contributed by atoms with Crippen molar-refractivity contribution in [2.24, 2.45) is 0 Å². The van der Waals surface area contributed by atoms with E-state index in [1.165, 1.54) is 12.1 Å². The second-order valence-corrected chi connectivity index (χ2v) is 6.27. The smallest absolute Gasteiger partial charge is 0.282 e. The van der Waals surface area contributed by atoms with Gasteiger partial charge in [-0.1, -0.05) is 12.1 Å². The second-order valence-electron chi connectivity index (χ2n) is 4.88. The Morgan fingerprint density at radius 3 is 2.00 bits per heavy atom. The highest BCUT2D eigenvalue weighted by molar-refractivity contribution is 7.86. The molecule has 9 nitrogen and oxygen atoms in total. The first kappa shape index (κ1) is 15.8.